The average molecular weight is 788 g/mol. The number of unbranched alkanes of at least 4 members (excludes halogenated alkanes) is 1. The number of nitrogens with one attached hydrogen (secondary N) is 2. The van der Waals surface area contributed by atoms with E-state index < -0.39 is 5.54 Å². The van der Waals surface area contributed by atoms with Crippen LogP contribution in [0.5, 0.6) is 0 Å². The van der Waals surface area contributed by atoms with Gasteiger partial charge in [-0.25, -0.2) is 15.5 Å². The van der Waals surface area contributed by atoms with Gasteiger partial charge in [0.2, 0.25) is 0 Å². The van der Waals surface area contributed by atoms with Crippen molar-refractivity contribution in [1.29, 1.82) is 0 Å². The lowest BCUT2D eigenvalue weighted by Crippen LogP contribution is -2.57. The van der Waals surface area contributed by atoms with E-state index in [0.717, 1.165) is 99.3 Å². The summed E-state index contributed by atoms with van der Waals surface area (Å²) in [6, 6.07) is 61.1. The number of rotatable bonds is 15. The van der Waals surface area contributed by atoms with E-state index in [2.05, 4.69) is 162 Å². The van der Waals surface area contributed by atoms with Crippen molar-refractivity contribution >= 4 is 16.7 Å². The molecule has 0 aliphatic carbocycles. The van der Waals surface area contributed by atoms with Crippen molar-refractivity contribution in [2.75, 3.05) is 0 Å². The monoisotopic (exact) mass is 787 g/mol. The molecule has 0 saturated carbocycles. The Hall–Kier alpha value is -6.87. The fourth-order valence-corrected chi connectivity index (χ4v) is 8.57. The van der Waals surface area contributed by atoms with Gasteiger partial charge in [-0.15, -0.1) is 5.10 Å². The van der Waals surface area contributed by atoms with Gasteiger partial charge < -0.3 is 9.67 Å². The van der Waals surface area contributed by atoms with Crippen molar-refractivity contribution in [1.82, 2.24) is 30.6 Å². The maximum atomic E-state index is 10.6. The van der Waals surface area contributed by atoms with Gasteiger partial charge in [0.15, 0.2) is 5.84 Å². The zero-order valence-electron chi connectivity index (χ0n) is 33.9. The summed E-state index contributed by atoms with van der Waals surface area (Å²) in [7, 11) is 0. The molecule has 0 amide bonds. The van der Waals surface area contributed by atoms with Crippen LogP contribution in [-0.2, 0) is 38.0 Å². The minimum atomic E-state index is -0.766. The fraction of sp³-hybridized carbons (Fsp3) is 0.173. The quantitative estimate of drug-likeness (QED) is 0.0897. The topological polar surface area (TPSA) is 90.6 Å². The van der Waals surface area contributed by atoms with Gasteiger partial charge in [-0.2, -0.15) is 0 Å². The van der Waals surface area contributed by atoms with Crippen molar-refractivity contribution < 1.29 is 5.11 Å². The molecule has 60 heavy (non-hydrogen) atoms. The molecule has 298 valence electrons. The average Bonchev–Trinajstić information content (AvgIpc) is 3.94. The van der Waals surface area contributed by atoms with E-state index in [1.165, 1.54) is 5.56 Å². The number of aliphatic hydroxyl groups excluding tert-OH is 1. The van der Waals surface area contributed by atoms with Crippen LogP contribution < -0.4 is 11.0 Å². The van der Waals surface area contributed by atoms with Gasteiger partial charge in [0, 0.05) is 29.5 Å². The van der Waals surface area contributed by atoms with Crippen molar-refractivity contribution in [2.45, 2.75) is 57.7 Å². The molecule has 0 unspecified atom stereocenters. The van der Waals surface area contributed by atoms with Gasteiger partial charge >= 0.3 is 0 Å². The van der Waals surface area contributed by atoms with Gasteiger partial charge in [0.1, 0.15) is 11.4 Å². The summed E-state index contributed by atoms with van der Waals surface area (Å²) in [5, 5.41) is 18.6. The second kappa shape index (κ2) is 17.5. The number of nitrogens with zero attached hydrogens (tertiary/aromatic N) is 5. The number of aliphatic hydroxyl groups is 1. The Kier molecular flexibility index (Phi) is 11.3. The molecule has 2 aromatic heterocycles. The molecule has 0 bridgehead atoms. The summed E-state index contributed by atoms with van der Waals surface area (Å²) >= 11 is 0. The van der Waals surface area contributed by atoms with Crippen LogP contribution in [0.1, 0.15) is 70.4 Å². The molecule has 0 saturated heterocycles. The molecule has 8 aromatic rings. The fourth-order valence-electron chi connectivity index (χ4n) is 8.57. The summed E-state index contributed by atoms with van der Waals surface area (Å²) in [4.78, 5) is 10.3. The van der Waals surface area contributed by atoms with Crippen LogP contribution in [0, 0.1) is 0 Å². The maximum absolute atomic E-state index is 10.6. The normalized spacial score (nSPS) is 12.9. The highest BCUT2D eigenvalue weighted by atomic mass is 16.3. The van der Waals surface area contributed by atoms with Crippen LogP contribution in [0.25, 0.3) is 22.2 Å². The molecule has 0 atom stereocenters. The van der Waals surface area contributed by atoms with Crippen molar-refractivity contribution in [2.24, 2.45) is 5.10 Å². The molecular formula is C52H49N7O. The Bertz CT molecular complexity index is 2620. The number of amidine groups is 1. The molecule has 9 rings (SSSR count). The van der Waals surface area contributed by atoms with Gasteiger partial charge in [-0.05, 0) is 65.3 Å². The molecule has 1 aliphatic rings. The van der Waals surface area contributed by atoms with Crippen LogP contribution in [0.3, 0.4) is 0 Å². The maximum Gasteiger partial charge on any atom is 0.171 e. The third-order valence-corrected chi connectivity index (χ3v) is 11.6. The van der Waals surface area contributed by atoms with E-state index in [1.54, 1.807) is 0 Å². The Morgan fingerprint density at radius 1 is 0.600 bits per heavy atom. The number of hydrogen-bond acceptors (Lipinski definition) is 7. The first kappa shape index (κ1) is 38.6. The third-order valence-electron chi connectivity index (χ3n) is 11.6. The number of aryl methyl sites for hydroxylation is 3. The summed E-state index contributed by atoms with van der Waals surface area (Å²) in [5.74, 6) is 1.73. The number of benzene rings is 6. The van der Waals surface area contributed by atoms with E-state index in [1.807, 2.05) is 41.5 Å². The second-order valence-corrected chi connectivity index (χ2v) is 15.3. The van der Waals surface area contributed by atoms with Crippen LogP contribution in [0.2, 0.25) is 0 Å². The molecular weight excluding hydrogens is 739 g/mol. The number of pyridine rings is 1. The van der Waals surface area contributed by atoms with Crippen molar-refractivity contribution in [3.63, 3.8) is 0 Å². The second-order valence-electron chi connectivity index (χ2n) is 15.3. The van der Waals surface area contributed by atoms with Crippen molar-refractivity contribution in [3.8, 4) is 11.3 Å². The van der Waals surface area contributed by atoms with Crippen LogP contribution in [-0.4, -0.2) is 30.6 Å². The molecule has 1 aliphatic heterocycles. The van der Waals surface area contributed by atoms with Crippen LogP contribution in [0.4, 0.5) is 0 Å². The molecule has 8 heteroatoms. The summed E-state index contributed by atoms with van der Waals surface area (Å²) in [5.41, 5.74) is 17.5. The number of imidazole rings is 1. The Labute approximate surface area is 351 Å². The molecule has 0 spiro atoms. The lowest BCUT2D eigenvalue weighted by Gasteiger charge is -2.42. The number of hydrazone groups is 1. The molecule has 3 N–H and O–H groups in total. The zero-order chi connectivity index (χ0) is 40.7. The summed E-state index contributed by atoms with van der Waals surface area (Å²) in [6.07, 6.45) is 4.70. The Morgan fingerprint density at radius 3 is 1.85 bits per heavy atom. The number of hydrazine groups is 2. The van der Waals surface area contributed by atoms with Gasteiger partial charge in [0.05, 0.1) is 29.2 Å². The molecule has 0 fully saturated rings. The van der Waals surface area contributed by atoms with Gasteiger partial charge in [-0.1, -0.05) is 176 Å². The summed E-state index contributed by atoms with van der Waals surface area (Å²) in [6.45, 7) is 2.80. The first-order valence-corrected chi connectivity index (χ1v) is 20.9. The van der Waals surface area contributed by atoms with Crippen LogP contribution in [0.15, 0.2) is 181 Å². The molecule has 6 aromatic carbocycles. The van der Waals surface area contributed by atoms with E-state index in [-0.39, 0.29) is 6.61 Å². The molecule has 0 radical (unpaired) electrons. The predicted molar refractivity (Wildman–Crippen MR) is 241 cm³/mol. The van der Waals surface area contributed by atoms with Crippen LogP contribution >= 0.6 is 0 Å². The smallest absolute Gasteiger partial charge is 0.171 e. The highest BCUT2D eigenvalue weighted by Crippen LogP contribution is 2.41. The first-order valence-electron chi connectivity index (χ1n) is 20.9. The van der Waals surface area contributed by atoms with E-state index >= 15 is 0 Å². The standard InChI is InChI=1S/C52H49N7O/c1-2-3-28-50-54-48(33-29-38-18-8-4-9-19-38)49(37-60)58(50)36-39-30-32-46-40(35-39)31-34-47(53-46)44-26-16-17-27-45(44)51-55-57-59(56-51)52(41-20-10-5-11-21-41,42-22-12-6-13-23-42)43-24-14-7-15-25-43/h4-27,30-32,34-35,57,60H,2-3,28-29,33,36-37H2,1H3,(H,55,56). The predicted octanol–water partition coefficient (Wildman–Crippen LogP) is 9.75. The highest BCUT2D eigenvalue weighted by Gasteiger charge is 2.45. The Morgan fingerprint density at radius 2 is 1.22 bits per heavy atom. The zero-order valence-corrected chi connectivity index (χ0v) is 33.9. The van der Waals surface area contributed by atoms with E-state index in [9.17, 15) is 5.11 Å². The third kappa shape index (κ3) is 7.59. The van der Waals surface area contributed by atoms with Gasteiger partial charge in [0.25, 0.3) is 0 Å². The Balaban J connectivity index is 1.01. The minimum absolute atomic E-state index is 0.0413. The number of aromatic nitrogens is 3. The van der Waals surface area contributed by atoms with Gasteiger partial charge in [-0.3, -0.25) is 5.43 Å². The number of hydrogen-bond donors (Lipinski definition) is 3. The largest absolute Gasteiger partial charge is 0.390 e. The van der Waals surface area contributed by atoms with E-state index in [4.69, 9.17) is 15.1 Å². The summed E-state index contributed by atoms with van der Waals surface area (Å²) < 4.78 is 2.24. The SMILES string of the molecule is CCCCc1nc(CCc2ccccc2)c(CO)n1Cc1ccc2nc(-c3ccccc3C3=NNN(C(c4ccccc4)(c4ccccc4)c4ccccc4)N3)ccc2c1. The van der Waals surface area contributed by atoms with E-state index in [0.29, 0.717) is 12.4 Å². The number of fused-ring (bicyclic) bond motifs is 1. The lowest BCUT2D eigenvalue weighted by molar-refractivity contribution is 0.0761. The highest BCUT2D eigenvalue weighted by molar-refractivity contribution is 6.04. The lowest BCUT2D eigenvalue weighted by atomic mass is 9.77. The molecule has 3 heterocycles. The van der Waals surface area contributed by atoms with Crippen molar-refractivity contribution in [3.05, 3.63) is 227 Å². The first-order chi connectivity index (χ1) is 29.6. The molecule has 8 nitrogen and oxygen atoms in total. The minimum Gasteiger partial charge on any atom is -0.390 e.